The second-order valence-electron chi connectivity index (χ2n) is 8.03. The van der Waals surface area contributed by atoms with E-state index in [9.17, 15) is 14.7 Å². The average Bonchev–Trinajstić information content (AvgIpc) is 3.27. The molecule has 5 rings (SSSR count). The molecule has 0 amide bonds. The molecule has 3 aromatic carbocycles. The van der Waals surface area contributed by atoms with E-state index < -0.39 is 12.1 Å². The second-order valence-corrected chi connectivity index (χ2v) is 8.03. The van der Waals surface area contributed by atoms with Gasteiger partial charge < -0.3 is 9.84 Å². The Bertz CT molecular complexity index is 1150. The van der Waals surface area contributed by atoms with Crippen molar-refractivity contribution in [1.82, 2.24) is 0 Å². The summed E-state index contributed by atoms with van der Waals surface area (Å²) in [6, 6.07) is 25.8. The van der Waals surface area contributed by atoms with Gasteiger partial charge in [-0.3, -0.25) is 4.79 Å². The van der Waals surface area contributed by atoms with E-state index in [1.165, 1.54) is 0 Å². The fourth-order valence-corrected chi connectivity index (χ4v) is 4.67. The van der Waals surface area contributed by atoms with Gasteiger partial charge in [0.25, 0.3) is 0 Å². The molecule has 0 spiro atoms. The Balaban J connectivity index is 1.37. The van der Waals surface area contributed by atoms with Crippen LogP contribution in [-0.2, 0) is 20.7 Å². The number of esters is 1. The number of hydrogen-bond donors (Lipinski definition) is 1. The third-order valence-corrected chi connectivity index (χ3v) is 6.18. The molecule has 4 nitrogen and oxygen atoms in total. The average molecular weight is 410 g/mol. The molecular weight excluding hydrogens is 388 g/mol. The zero-order valence-corrected chi connectivity index (χ0v) is 17.0. The van der Waals surface area contributed by atoms with E-state index in [4.69, 9.17) is 4.74 Å². The zero-order valence-electron chi connectivity index (χ0n) is 17.0. The maximum atomic E-state index is 13.1. The number of benzene rings is 3. The Morgan fingerprint density at radius 1 is 0.839 bits per heavy atom. The van der Waals surface area contributed by atoms with E-state index in [2.05, 4.69) is 12.1 Å². The van der Waals surface area contributed by atoms with Crippen LogP contribution in [0.1, 0.15) is 35.4 Å². The summed E-state index contributed by atoms with van der Waals surface area (Å²) in [4.78, 5) is 25.6. The number of carbonyl (C=O) groups is 2. The number of carbonyl (C=O) groups excluding carboxylic acids is 2. The maximum Gasteiger partial charge on any atom is 0.346 e. The first kappa shape index (κ1) is 19.3. The monoisotopic (exact) mass is 410 g/mol. The highest BCUT2D eigenvalue weighted by molar-refractivity contribution is 6.19. The summed E-state index contributed by atoms with van der Waals surface area (Å²) in [5, 5.41) is 10.6. The van der Waals surface area contributed by atoms with Gasteiger partial charge in [0.2, 0.25) is 0 Å². The molecule has 154 valence electrons. The smallest absolute Gasteiger partial charge is 0.346 e. The lowest BCUT2D eigenvalue weighted by molar-refractivity contribution is -0.141. The van der Waals surface area contributed by atoms with Gasteiger partial charge in [0.15, 0.2) is 17.6 Å². The number of fused-ring (bicyclic) bond motifs is 3. The molecule has 4 heteroatoms. The number of aryl methyl sites for hydroxylation is 1. The highest BCUT2D eigenvalue weighted by Crippen LogP contribution is 2.46. The fraction of sp³-hybridized carbons (Fsp3) is 0.185. The minimum absolute atomic E-state index is 0.119. The molecule has 1 aliphatic carbocycles. The van der Waals surface area contributed by atoms with Gasteiger partial charge in [0.05, 0.1) is 0 Å². The summed E-state index contributed by atoms with van der Waals surface area (Å²) in [6.45, 7) is 0. The Labute approximate surface area is 180 Å². The predicted molar refractivity (Wildman–Crippen MR) is 118 cm³/mol. The van der Waals surface area contributed by atoms with Gasteiger partial charge in [-0.15, -0.1) is 0 Å². The van der Waals surface area contributed by atoms with E-state index in [1.807, 2.05) is 66.7 Å². The summed E-state index contributed by atoms with van der Waals surface area (Å²) in [5.74, 6) is -1.47. The van der Waals surface area contributed by atoms with Gasteiger partial charge in [-0.1, -0.05) is 78.9 Å². The predicted octanol–water partition coefficient (Wildman–Crippen LogP) is 5.13. The topological polar surface area (TPSA) is 63.6 Å². The molecule has 1 N–H and O–H groups in total. The van der Waals surface area contributed by atoms with Gasteiger partial charge in [-0.2, -0.15) is 0 Å². The third-order valence-electron chi connectivity index (χ3n) is 6.18. The van der Waals surface area contributed by atoms with Crippen LogP contribution in [0.4, 0.5) is 0 Å². The number of ether oxygens (including phenoxy) is 1. The molecule has 31 heavy (non-hydrogen) atoms. The van der Waals surface area contributed by atoms with Crippen LogP contribution < -0.4 is 0 Å². The fourth-order valence-electron chi connectivity index (χ4n) is 4.67. The van der Waals surface area contributed by atoms with Crippen LogP contribution in [0, 0.1) is 0 Å². The van der Waals surface area contributed by atoms with Gasteiger partial charge in [0.1, 0.15) is 5.57 Å². The summed E-state index contributed by atoms with van der Waals surface area (Å²) in [5.41, 5.74) is 5.27. The van der Waals surface area contributed by atoms with E-state index >= 15 is 0 Å². The van der Waals surface area contributed by atoms with Crippen molar-refractivity contribution in [2.45, 2.75) is 31.3 Å². The van der Waals surface area contributed by atoms with E-state index in [-0.39, 0.29) is 29.5 Å². The highest BCUT2D eigenvalue weighted by Gasteiger charge is 2.40. The zero-order chi connectivity index (χ0) is 21.4. The van der Waals surface area contributed by atoms with Crippen LogP contribution in [0.3, 0.4) is 0 Å². The standard InChI is InChI=1S/C27H22O4/c28-23(16-22-20-12-6-4-10-18(20)19-11-5-7-13-21(19)22)25-26(29)24(31-27(25)30)15-14-17-8-2-1-3-9-17/h1-13,22,24,29H,14-16H2. The van der Waals surface area contributed by atoms with Crippen LogP contribution >= 0.6 is 0 Å². The quantitative estimate of drug-likeness (QED) is 0.452. The first-order valence-electron chi connectivity index (χ1n) is 10.5. The molecule has 1 heterocycles. The van der Waals surface area contributed by atoms with Crippen LogP contribution in [0.25, 0.3) is 11.1 Å². The minimum Gasteiger partial charge on any atom is -0.507 e. The largest absolute Gasteiger partial charge is 0.507 e. The number of ketones is 1. The molecular formula is C27H22O4. The Kier molecular flexibility index (Phi) is 4.91. The molecule has 1 aliphatic heterocycles. The Hall–Kier alpha value is -3.66. The summed E-state index contributed by atoms with van der Waals surface area (Å²) < 4.78 is 5.35. The van der Waals surface area contributed by atoms with Crippen LogP contribution in [0.2, 0.25) is 0 Å². The Morgan fingerprint density at radius 3 is 2.06 bits per heavy atom. The van der Waals surface area contributed by atoms with Crippen molar-refractivity contribution >= 4 is 11.8 Å². The lowest BCUT2D eigenvalue weighted by atomic mass is 9.89. The first-order valence-corrected chi connectivity index (χ1v) is 10.5. The SMILES string of the molecule is O=C(CC1c2ccccc2-c2ccccc21)C1=C(O)C(CCc2ccccc2)OC1=O. The number of aliphatic hydroxyl groups excluding tert-OH is 1. The molecule has 0 saturated heterocycles. The molecule has 0 aromatic heterocycles. The molecule has 1 unspecified atom stereocenters. The summed E-state index contributed by atoms with van der Waals surface area (Å²) >= 11 is 0. The molecule has 0 bridgehead atoms. The van der Waals surface area contributed by atoms with Crippen molar-refractivity contribution in [3.63, 3.8) is 0 Å². The van der Waals surface area contributed by atoms with E-state index in [1.54, 1.807) is 0 Å². The second kappa shape index (κ2) is 7.88. The van der Waals surface area contributed by atoms with Gasteiger partial charge in [-0.05, 0) is 40.7 Å². The molecule has 1 atom stereocenters. The lowest BCUT2D eigenvalue weighted by Crippen LogP contribution is -2.14. The van der Waals surface area contributed by atoms with Crippen molar-refractivity contribution < 1.29 is 19.4 Å². The van der Waals surface area contributed by atoms with Gasteiger partial charge in [0, 0.05) is 12.3 Å². The first-order chi connectivity index (χ1) is 15.1. The van der Waals surface area contributed by atoms with E-state index in [0.29, 0.717) is 12.8 Å². The van der Waals surface area contributed by atoms with Crippen molar-refractivity contribution in [3.05, 3.63) is 107 Å². The normalized spacial score (nSPS) is 17.4. The van der Waals surface area contributed by atoms with E-state index in [0.717, 1.165) is 27.8 Å². The molecule has 2 aliphatic rings. The van der Waals surface area contributed by atoms with Crippen molar-refractivity contribution in [2.75, 3.05) is 0 Å². The number of Topliss-reactive ketones (excluding diaryl/α,β-unsaturated/α-hetero) is 1. The molecule has 0 fully saturated rings. The van der Waals surface area contributed by atoms with Gasteiger partial charge >= 0.3 is 5.97 Å². The highest BCUT2D eigenvalue weighted by atomic mass is 16.6. The molecule has 0 radical (unpaired) electrons. The van der Waals surface area contributed by atoms with Crippen LogP contribution in [-0.4, -0.2) is 23.0 Å². The number of rotatable bonds is 6. The lowest BCUT2D eigenvalue weighted by Gasteiger charge is -2.12. The van der Waals surface area contributed by atoms with Gasteiger partial charge in [-0.25, -0.2) is 4.79 Å². The molecule has 0 saturated carbocycles. The minimum atomic E-state index is -0.769. The number of cyclic esters (lactones) is 1. The van der Waals surface area contributed by atoms with Crippen LogP contribution in [0.15, 0.2) is 90.2 Å². The van der Waals surface area contributed by atoms with Crippen LogP contribution in [0.5, 0.6) is 0 Å². The summed E-state index contributed by atoms with van der Waals surface area (Å²) in [7, 11) is 0. The number of aliphatic hydroxyl groups is 1. The number of hydrogen-bond acceptors (Lipinski definition) is 4. The molecule has 3 aromatic rings. The van der Waals surface area contributed by atoms with Crippen molar-refractivity contribution in [1.29, 1.82) is 0 Å². The van der Waals surface area contributed by atoms with Crippen molar-refractivity contribution in [2.24, 2.45) is 0 Å². The summed E-state index contributed by atoms with van der Waals surface area (Å²) in [6.07, 6.45) is 0.435. The third kappa shape index (κ3) is 3.44. The maximum absolute atomic E-state index is 13.1. The Morgan fingerprint density at radius 2 is 1.42 bits per heavy atom. The van der Waals surface area contributed by atoms with Crippen molar-refractivity contribution in [3.8, 4) is 11.1 Å².